The van der Waals surface area contributed by atoms with Crippen molar-refractivity contribution in [3.8, 4) is 0 Å². The Hall–Kier alpha value is -2.58. The molecule has 0 aromatic heterocycles. The van der Waals surface area contributed by atoms with Crippen molar-refractivity contribution < 1.29 is 18.0 Å². The lowest BCUT2D eigenvalue weighted by atomic mass is 10.1. The molecule has 0 fully saturated rings. The fourth-order valence-corrected chi connectivity index (χ4v) is 4.45. The molecular formula is C25H34ClN3O4S. The van der Waals surface area contributed by atoms with Crippen LogP contribution in [0.1, 0.15) is 45.2 Å². The molecule has 0 saturated heterocycles. The number of amides is 2. The van der Waals surface area contributed by atoms with Gasteiger partial charge in [-0.05, 0) is 62.1 Å². The van der Waals surface area contributed by atoms with Gasteiger partial charge >= 0.3 is 0 Å². The molecule has 2 amide bonds. The number of carbonyl (C=O) groups excluding carboxylic acids is 2. The largest absolute Gasteiger partial charge is 0.352 e. The van der Waals surface area contributed by atoms with Crippen molar-refractivity contribution in [3.05, 3.63) is 64.7 Å². The van der Waals surface area contributed by atoms with Gasteiger partial charge in [-0.1, -0.05) is 49.7 Å². The second kappa shape index (κ2) is 12.2. The predicted molar refractivity (Wildman–Crippen MR) is 137 cm³/mol. The first kappa shape index (κ1) is 27.7. The monoisotopic (exact) mass is 507 g/mol. The van der Waals surface area contributed by atoms with Crippen LogP contribution in [-0.4, -0.2) is 50.0 Å². The van der Waals surface area contributed by atoms with Crippen LogP contribution in [0, 0.1) is 0 Å². The molecule has 0 aliphatic rings. The van der Waals surface area contributed by atoms with Crippen molar-refractivity contribution in [1.82, 2.24) is 10.2 Å². The molecule has 0 bridgehead atoms. The number of rotatable bonds is 11. The van der Waals surface area contributed by atoms with Crippen molar-refractivity contribution in [2.24, 2.45) is 0 Å². The van der Waals surface area contributed by atoms with Crippen LogP contribution >= 0.6 is 11.6 Å². The van der Waals surface area contributed by atoms with Crippen LogP contribution in [0.25, 0.3) is 0 Å². The molecule has 0 aliphatic heterocycles. The van der Waals surface area contributed by atoms with E-state index in [1.54, 1.807) is 37.3 Å². The summed E-state index contributed by atoms with van der Waals surface area (Å²) >= 11 is 6.12. The van der Waals surface area contributed by atoms with Crippen molar-refractivity contribution in [3.63, 3.8) is 0 Å². The van der Waals surface area contributed by atoms with Gasteiger partial charge in [-0.2, -0.15) is 0 Å². The van der Waals surface area contributed by atoms with E-state index in [-0.39, 0.29) is 18.5 Å². The normalized spacial score (nSPS) is 13.1. The Morgan fingerprint density at radius 2 is 1.68 bits per heavy atom. The van der Waals surface area contributed by atoms with Gasteiger partial charge in [0.25, 0.3) is 0 Å². The molecule has 9 heteroatoms. The van der Waals surface area contributed by atoms with E-state index in [0.717, 1.165) is 34.5 Å². The maximum absolute atomic E-state index is 13.5. The van der Waals surface area contributed by atoms with Crippen molar-refractivity contribution in [2.45, 2.75) is 59.2 Å². The lowest BCUT2D eigenvalue weighted by Gasteiger charge is -2.32. The lowest BCUT2D eigenvalue weighted by Crippen LogP contribution is -2.52. The van der Waals surface area contributed by atoms with Crippen LogP contribution in [0.5, 0.6) is 0 Å². The molecule has 2 rings (SSSR count). The third-order valence-electron chi connectivity index (χ3n) is 5.72. The molecule has 186 valence electrons. The van der Waals surface area contributed by atoms with Crippen molar-refractivity contribution >= 4 is 39.1 Å². The molecular weight excluding hydrogens is 474 g/mol. The molecule has 34 heavy (non-hydrogen) atoms. The summed E-state index contributed by atoms with van der Waals surface area (Å²) in [6.45, 7) is 7.18. The van der Waals surface area contributed by atoms with E-state index in [4.69, 9.17) is 11.6 Å². The van der Waals surface area contributed by atoms with E-state index in [1.807, 2.05) is 39.0 Å². The van der Waals surface area contributed by atoms with Gasteiger partial charge < -0.3 is 10.2 Å². The third-order valence-corrected chi connectivity index (χ3v) is 7.10. The summed E-state index contributed by atoms with van der Waals surface area (Å²) < 4.78 is 26.3. The zero-order valence-corrected chi connectivity index (χ0v) is 22.0. The molecule has 2 aromatic carbocycles. The molecule has 0 heterocycles. The smallest absolute Gasteiger partial charge is 0.244 e. The highest BCUT2D eigenvalue weighted by molar-refractivity contribution is 7.92. The number of halogens is 1. The summed E-state index contributed by atoms with van der Waals surface area (Å²) in [5.74, 6) is -0.792. The van der Waals surface area contributed by atoms with Crippen LogP contribution in [0.2, 0.25) is 5.02 Å². The zero-order valence-electron chi connectivity index (χ0n) is 20.4. The summed E-state index contributed by atoms with van der Waals surface area (Å²) in [4.78, 5) is 27.8. The number of anilines is 1. The fourth-order valence-electron chi connectivity index (χ4n) is 3.39. The third kappa shape index (κ3) is 7.74. The Labute approximate surface area is 208 Å². The molecule has 0 aliphatic carbocycles. The second-order valence-corrected chi connectivity index (χ2v) is 10.8. The lowest BCUT2D eigenvalue weighted by molar-refractivity contribution is -0.139. The van der Waals surface area contributed by atoms with E-state index in [9.17, 15) is 18.0 Å². The van der Waals surface area contributed by atoms with Crippen LogP contribution in [-0.2, 0) is 32.6 Å². The molecule has 2 aromatic rings. The van der Waals surface area contributed by atoms with Crippen LogP contribution in [0.3, 0.4) is 0 Å². The van der Waals surface area contributed by atoms with Crippen LogP contribution < -0.4 is 9.62 Å². The van der Waals surface area contributed by atoms with Gasteiger partial charge in [-0.25, -0.2) is 8.42 Å². The Bertz CT molecular complexity index is 1090. The summed E-state index contributed by atoms with van der Waals surface area (Å²) in [5.41, 5.74) is 2.19. The second-order valence-electron chi connectivity index (χ2n) is 8.44. The molecule has 1 N–H and O–H groups in total. The van der Waals surface area contributed by atoms with Crippen LogP contribution in [0.4, 0.5) is 5.69 Å². The van der Waals surface area contributed by atoms with Crippen LogP contribution in [0.15, 0.2) is 48.5 Å². The molecule has 0 unspecified atom stereocenters. The highest BCUT2D eigenvalue weighted by Crippen LogP contribution is 2.21. The topological polar surface area (TPSA) is 86.8 Å². The van der Waals surface area contributed by atoms with Crippen molar-refractivity contribution in [1.29, 1.82) is 0 Å². The molecule has 0 radical (unpaired) electrons. The zero-order chi connectivity index (χ0) is 25.5. The number of sulfonamides is 1. The highest BCUT2D eigenvalue weighted by Gasteiger charge is 2.30. The first-order chi connectivity index (χ1) is 16.0. The van der Waals surface area contributed by atoms with Gasteiger partial charge in [0.05, 0.1) is 11.9 Å². The van der Waals surface area contributed by atoms with Gasteiger partial charge in [0.2, 0.25) is 21.8 Å². The maximum atomic E-state index is 13.5. The van der Waals surface area contributed by atoms with E-state index >= 15 is 0 Å². The number of benzene rings is 2. The summed E-state index contributed by atoms with van der Waals surface area (Å²) in [7, 11) is -3.75. The molecule has 2 atom stereocenters. The predicted octanol–water partition coefficient (Wildman–Crippen LogP) is 4.00. The number of nitrogens with one attached hydrogen (secondary N) is 1. The quantitative estimate of drug-likeness (QED) is 0.498. The fraction of sp³-hybridized carbons (Fsp3) is 0.440. The van der Waals surface area contributed by atoms with Gasteiger partial charge in [-0.3, -0.25) is 13.9 Å². The van der Waals surface area contributed by atoms with Crippen molar-refractivity contribution in [2.75, 3.05) is 17.1 Å². The summed E-state index contributed by atoms with van der Waals surface area (Å²) in [6, 6.07) is 13.2. The minimum absolute atomic E-state index is 0.0531. The Morgan fingerprint density at radius 1 is 1.03 bits per heavy atom. The minimum Gasteiger partial charge on any atom is -0.352 e. The Morgan fingerprint density at radius 3 is 2.21 bits per heavy atom. The van der Waals surface area contributed by atoms with E-state index in [0.29, 0.717) is 10.7 Å². The van der Waals surface area contributed by atoms with Gasteiger partial charge in [0.1, 0.15) is 12.6 Å². The summed E-state index contributed by atoms with van der Waals surface area (Å²) in [5, 5.41) is 3.41. The average Bonchev–Trinajstić information content (AvgIpc) is 2.79. The first-order valence-corrected chi connectivity index (χ1v) is 13.6. The number of hydrogen-bond donors (Lipinski definition) is 1. The maximum Gasteiger partial charge on any atom is 0.244 e. The standard InChI is InChI=1S/C25H34ClN3O4S/c1-6-18(3)27-25(31)19(4)28(16-21-9-8-10-22(26)15-21)24(30)17-29(34(5,32)33)23-13-11-20(7-2)12-14-23/h8-15,18-19H,6-7,16-17H2,1-5H3,(H,27,31)/t18-,19+/m0/s1. The number of aryl methyl sites for hydroxylation is 1. The Balaban J connectivity index is 2.37. The van der Waals surface area contributed by atoms with E-state index < -0.39 is 28.5 Å². The van der Waals surface area contributed by atoms with E-state index in [2.05, 4.69) is 5.32 Å². The SMILES string of the molecule is CCc1ccc(N(CC(=O)N(Cc2cccc(Cl)c2)[C@H](C)C(=O)N[C@@H](C)CC)S(C)(=O)=O)cc1. The summed E-state index contributed by atoms with van der Waals surface area (Å²) in [6.07, 6.45) is 2.62. The minimum atomic E-state index is -3.75. The number of nitrogens with zero attached hydrogens (tertiary/aromatic N) is 2. The average molecular weight is 508 g/mol. The number of carbonyl (C=O) groups is 2. The molecule has 0 spiro atoms. The highest BCUT2D eigenvalue weighted by atomic mass is 35.5. The van der Waals surface area contributed by atoms with E-state index in [1.165, 1.54) is 4.90 Å². The van der Waals surface area contributed by atoms with Gasteiger partial charge in [0, 0.05) is 17.6 Å². The molecule has 7 nitrogen and oxygen atoms in total. The Kier molecular flexibility index (Phi) is 9.94. The number of hydrogen-bond acceptors (Lipinski definition) is 4. The van der Waals surface area contributed by atoms with Gasteiger partial charge in [-0.15, -0.1) is 0 Å². The molecule has 0 saturated carbocycles. The first-order valence-electron chi connectivity index (χ1n) is 11.4. The van der Waals surface area contributed by atoms with Gasteiger partial charge in [0.15, 0.2) is 0 Å².